The molecular weight excluding hydrogens is 166 g/mol. The van der Waals surface area contributed by atoms with Crippen molar-refractivity contribution >= 4 is 12.2 Å². The van der Waals surface area contributed by atoms with Crippen molar-refractivity contribution in [3.05, 3.63) is 23.3 Å². The number of carbonyl (C=O) groups excluding carboxylic acids is 1. The predicted octanol–water partition coefficient (Wildman–Crippen LogP) is 1.31. The van der Waals surface area contributed by atoms with Gasteiger partial charge in [-0.15, -0.1) is 0 Å². The van der Waals surface area contributed by atoms with E-state index in [1.165, 1.54) is 5.57 Å². The number of rotatable bonds is 2. The topological polar surface area (TPSA) is 67.5 Å². The standard InChI is InChI=1S/C9H13N3O/c1-7-4-2-3-5-8(7)6-11-12-9(10)13/h2,4,6H,3,5H2,1H3,(H3,10,12,13)/b11-6+. The van der Waals surface area contributed by atoms with Crippen LogP contribution in [0.5, 0.6) is 0 Å². The van der Waals surface area contributed by atoms with Gasteiger partial charge in [0, 0.05) is 0 Å². The number of nitrogens with one attached hydrogen (secondary N) is 1. The van der Waals surface area contributed by atoms with Crippen molar-refractivity contribution in [3.8, 4) is 0 Å². The number of nitrogens with two attached hydrogens (primary N) is 1. The van der Waals surface area contributed by atoms with Crippen LogP contribution in [0.25, 0.3) is 0 Å². The van der Waals surface area contributed by atoms with E-state index in [9.17, 15) is 4.79 Å². The molecule has 2 amide bonds. The zero-order valence-corrected chi connectivity index (χ0v) is 7.58. The Labute approximate surface area is 77.2 Å². The number of carbonyl (C=O) groups is 1. The third-order valence-electron chi connectivity index (χ3n) is 1.85. The van der Waals surface area contributed by atoms with E-state index in [1.807, 2.05) is 6.92 Å². The average molecular weight is 179 g/mol. The molecule has 4 nitrogen and oxygen atoms in total. The molecule has 0 radical (unpaired) electrons. The molecule has 0 aromatic rings. The molecule has 0 saturated heterocycles. The highest BCUT2D eigenvalue weighted by molar-refractivity contribution is 5.82. The number of allylic oxidation sites excluding steroid dienone is 4. The third kappa shape index (κ3) is 3.11. The fourth-order valence-electron chi connectivity index (χ4n) is 1.14. The average Bonchev–Trinajstić information content (AvgIpc) is 2.08. The van der Waals surface area contributed by atoms with Gasteiger partial charge in [0.1, 0.15) is 0 Å². The van der Waals surface area contributed by atoms with Crippen molar-refractivity contribution in [3.63, 3.8) is 0 Å². The number of nitrogens with zero attached hydrogens (tertiary/aromatic N) is 1. The molecule has 1 aliphatic rings. The second-order valence-electron chi connectivity index (χ2n) is 2.88. The third-order valence-corrected chi connectivity index (χ3v) is 1.85. The second kappa shape index (κ2) is 4.45. The summed E-state index contributed by atoms with van der Waals surface area (Å²) >= 11 is 0. The summed E-state index contributed by atoms with van der Waals surface area (Å²) in [6.45, 7) is 2.02. The van der Waals surface area contributed by atoms with Gasteiger partial charge in [-0.2, -0.15) is 5.10 Å². The SMILES string of the molecule is CC1=C(/C=N/NC(N)=O)CCC=C1. The maximum Gasteiger partial charge on any atom is 0.332 e. The minimum absolute atomic E-state index is 0.638. The van der Waals surface area contributed by atoms with Crippen molar-refractivity contribution in [1.82, 2.24) is 5.43 Å². The van der Waals surface area contributed by atoms with Gasteiger partial charge < -0.3 is 5.73 Å². The zero-order valence-electron chi connectivity index (χ0n) is 7.58. The Hall–Kier alpha value is -1.58. The van der Waals surface area contributed by atoms with Crippen LogP contribution in [0, 0.1) is 0 Å². The summed E-state index contributed by atoms with van der Waals surface area (Å²) in [6.07, 6.45) is 7.80. The fourth-order valence-corrected chi connectivity index (χ4v) is 1.14. The van der Waals surface area contributed by atoms with Gasteiger partial charge in [0.2, 0.25) is 0 Å². The first-order valence-corrected chi connectivity index (χ1v) is 4.15. The van der Waals surface area contributed by atoms with Crippen LogP contribution in [-0.2, 0) is 0 Å². The summed E-state index contributed by atoms with van der Waals surface area (Å²) < 4.78 is 0. The number of primary amides is 1. The van der Waals surface area contributed by atoms with Crippen molar-refractivity contribution in [1.29, 1.82) is 0 Å². The number of amides is 2. The Morgan fingerprint density at radius 3 is 3.15 bits per heavy atom. The van der Waals surface area contributed by atoms with Gasteiger partial charge >= 0.3 is 6.03 Å². The monoisotopic (exact) mass is 179 g/mol. The quantitative estimate of drug-likeness (QED) is 0.487. The van der Waals surface area contributed by atoms with Crippen molar-refractivity contribution in [2.75, 3.05) is 0 Å². The van der Waals surface area contributed by atoms with Crippen LogP contribution >= 0.6 is 0 Å². The number of urea groups is 1. The maximum atomic E-state index is 10.3. The van der Waals surface area contributed by atoms with Crippen molar-refractivity contribution in [2.24, 2.45) is 10.8 Å². The van der Waals surface area contributed by atoms with Gasteiger partial charge in [-0.05, 0) is 30.9 Å². The normalized spacial score (nSPS) is 16.7. The highest BCUT2D eigenvalue weighted by Crippen LogP contribution is 2.16. The first kappa shape index (κ1) is 9.51. The molecule has 13 heavy (non-hydrogen) atoms. The Morgan fingerprint density at radius 2 is 2.54 bits per heavy atom. The van der Waals surface area contributed by atoms with Crippen LogP contribution in [0.1, 0.15) is 19.8 Å². The van der Waals surface area contributed by atoms with E-state index in [1.54, 1.807) is 6.21 Å². The Balaban J connectivity index is 2.57. The lowest BCUT2D eigenvalue weighted by atomic mass is 10.00. The zero-order chi connectivity index (χ0) is 9.68. The molecule has 4 heteroatoms. The van der Waals surface area contributed by atoms with Gasteiger partial charge in [0.15, 0.2) is 0 Å². The Bertz CT molecular complexity index is 289. The predicted molar refractivity (Wildman–Crippen MR) is 52.3 cm³/mol. The molecular formula is C9H13N3O. The Kier molecular flexibility index (Phi) is 3.25. The molecule has 0 fully saturated rings. The first-order chi connectivity index (χ1) is 6.20. The van der Waals surface area contributed by atoms with Crippen molar-refractivity contribution < 1.29 is 4.79 Å². The first-order valence-electron chi connectivity index (χ1n) is 4.15. The lowest BCUT2D eigenvalue weighted by Crippen LogP contribution is -2.24. The minimum Gasteiger partial charge on any atom is -0.350 e. The number of hydrogen-bond acceptors (Lipinski definition) is 2. The fraction of sp³-hybridized carbons (Fsp3) is 0.333. The van der Waals surface area contributed by atoms with Crippen LogP contribution in [0.15, 0.2) is 28.4 Å². The summed E-state index contributed by atoms with van der Waals surface area (Å²) in [4.78, 5) is 10.3. The summed E-state index contributed by atoms with van der Waals surface area (Å²) in [5.74, 6) is 0. The lowest BCUT2D eigenvalue weighted by Gasteiger charge is -2.07. The van der Waals surface area contributed by atoms with Crippen LogP contribution in [0.4, 0.5) is 4.79 Å². The maximum absolute atomic E-state index is 10.3. The smallest absolute Gasteiger partial charge is 0.332 e. The molecule has 0 saturated carbocycles. The largest absolute Gasteiger partial charge is 0.350 e. The van der Waals surface area contributed by atoms with Gasteiger partial charge in [0.25, 0.3) is 0 Å². The number of hydrazone groups is 1. The van der Waals surface area contributed by atoms with Gasteiger partial charge in [-0.1, -0.05) is 12.2 Å². The summed E-state index contributed by atoms with van der Waals surface area (Å²) in [6, 6.07) is -0.638. The van der Waals surface area contributed by atoms with Gasteiger partial charge in [-0.3, -0.25) is 0 Å². The van der Waals surface area contributed by atoms with Crippen LogP contribution in [-0.4, -0.2) is 12.2 Å². The number of hydrogen-bond donors (Lipinski definition) is 2. The molecule has 0 atom stereocenters. The molecule has 1 aliphatic carbocycles. The van der Waals surface area contributed by atoms with Gasteiger partial charge in [-0.25, -0.2) is 10.2 Å². The Morgan fingerprint density at radius 1 is 1.77 bits per heavy atom. The molecule has 0 aliphatic heterocycles. The van der Waals surface area contributed by atoms with Crippen LogP contribution in [0.2, 0.25) is 0 Å². The van der Waals surface area contributed by atoms with E-state index in [-0.39, 0.29) is 0 Å². The molecule has 0 bridgehead atoms. The van der Waals surface area contributed by atoms with E-state index in [0.29, 0.717) is 0 Å². The molecule has 0 spiro atoms. The molecule has 70 valence electrons. The summed E-state index contributed by atoms with van der Waals surface area (Å²) in [5.41, 5.74) is 9.33. The van der Waals surface area contributed by atoms with Crippen LogP contribution in [0.3, 0.4) is 0 Å². The van der Waals surface area contributed by atoms with E-state index >= 15 is 0 Å². The molecule has 3 N–H and O–H groups in total. The molecule has 0 aromatic heterocycles. The highest BCUT2D eigenvalue weighted by atomic mass is 16.2. The summed E-state index contributed by atoms with van der Waals surface area (Å²) in [7, 11) is 0. The second-order valence-corrected chi connectivity index (χ2v) is 2.88. The van der Waals surface area contributed by atoms with E-state index in [0.717, 1.165) is 18.4 Å². The molecule has 0 aromatic carbocycles. The van der Waals surface area contributed by atoms with Gasteiger partial charge in [0.05, 0.1) is 6.21 Å². The van der Waals surface area contributed by atoms with E-state index < -0.39 is 6.03 Å². The molecule has 0 unspecified atom stereocenters. The summed E-state index contributed by atoms with van der Waals surface area (Å²) in [5, 5.41) is 3.70. The van der Waals surface area contributed by atoms with E-state index in [4.69, 9.17) is 5.73 Å². The molecule has 0 heterocycles. The molecule has 1 rings (SSSR count). The minimum atomic E-state index is -0.638. The highest BCUT2D eigenvalue weighted by Gasteiger charge is 2.01. The van der Waals surface area contributed by atoms with Crippen molar-refractivity contribution in [2.45, 2.75) is 19.8 Å². The van der Waals surface area contributed by atoms with Crippen LogP contribution < -0.4 is 11.2 Å². The lowest BCUT2D eigenvalue weighted by molar-refractivity contribution is 0.249. The van der Waals surface area contributed by atoms with E-state index in [2.05, 4.69) is 22.7 Å².